The van der Waals surface area contributed by atoms with Gasteiger partial charge in [-0.05, 0) is 56.5 Å². The van der Waals surface area contributed by atoms with E-state index in [1.165, 1.54) is 37.7 Å². The van der Waals surface area contributed by atoms with Crippen molar-refractivity contribution in [2.24, 2.45) is 4.99 Å². The lowest BCUT2D eigenvalue weighted by Crippen LogP contribution is -2.42. The Morgan fingerprint density at radius 3 is 2.74 bits per heavy atom. The van der Waals surface area contributed by atoms with E-state index in [0.717, 1.165) is 56.0 Å². The molecule has 0 radical (unpaired) electrons. The number of benzene rings is 1. The summed E-state index contributed by atoms with van der Waals surface area (Å²) >= 11 is 0. The number of aromatic nitrogens is 3. The van der Waals surface area contributed by atoms with Crippen LogP contribution in [0.25, 0.3) is 0 Å². The van der Waals surface area contributed by atoms with E-state index in [1.54, 1.807) is 7.11 Å². The van der Waals surface area contributed by atoms with Crippen LogP contribution in [0.2, 0.25) is 0 Å². The molecular formula is C23H35N7O. The summed E-state index contributed by atoms with van der Waals surface area (Å²) in [5.74, 6) is 3.79. The molecule has 0 aliphatic carbocycles. The van der Waals surface area contributed by atoms with E-state index >= 15 is 0 Å². The summed E-state index contributed by atoms with van der Waals surface area (Å²) in [5.41, 5.74) is 1.27. The van der Waals surface area contributed by atoms with Gasteiger partial charge in [0, 0.05) is 26.6 Å². The van der Waals surface area contributed by atoms with Crippen LogP contribution < -0.4 is 15.4 Å². The summed E-state index contributed by atoms with van der Waals surface area (Å²) in [6, 6.07) is 8.68. The Hall–Kier alpha value is -2.61. The third kappa shape index (κ3) is 5.36. The molecule has 1 aromatic heterocycles. The Labute approximate surface area is 185 Å². The van der Waals surface area contributed by atoms with Crippen molar-refractivity contribution in [2.75, 3.05) is 33.8 Å². The van der Waals surface area contributed by atoms with Gasteiger partial charge < -0.3 is 19.9 Å². The van der Waals surface area contributed by atoms with Crippen LogP contribution in [0.3, 0.4) is 0 Å². The molecule has 8 heteroatoms. The molecule has 3 heterocycles. The topological polar surface area (TPSA) is 79.6 Å². The standard InChI is InChI=1S/C23H35N7O/c1-24-23(26-17-22-28-27-21-11-4-3-5-14-30(21)22)25-16-20(29-12-6-7-13-29)18-9-8-10-19(15-18)31-2/h8-10,15,20H,3-7,11-14,16-17H2,1-2H3,(H2,24,25,26). The van der Waals surface area contributed by atoms with Gasteiger partial charge in [-0.25, -0.2) is 0 Å². The average Bonchev–Trinajstić information content (AvgIpc) is 3.41. The van der Waals surface area contributed by atoms with Crippen molar-refractivity contribution in [3.63, 3.8) is 0 Å². The molecule has 0 saturated carbocycles. The molecule has 8 nitrogen and oxygen atoms in total. The number of guanidine groups is 1. The maximum atomic E-state index is 5.46. The van der Waals surface area contributed by atoms with Gasteiger partial charge in [-0.15, -0.1) is 10.2 Å². The van der Waals surface area contributed by atoms with Crippen molar-refractivity contribution in [2.45, 2.75) is 57.7 Å². The summed E-state index contributed by atoms with van der Waals surface area (Å²) in [7, 11) is 3.54. The van der Waals surface area contributed by atoms with Gasteiger partial charge in [0.2, 0.25) is 0 Å². The number of ether oxygens (including phenoxy) is 1. The van der Waals surface area contributed by atoms with Crippen LogP contribution in [0.5, 0.6) is 5.75 Å². The quantitative estimate of drug-likeness (QED) is 0.524. The molecule has 168 valence electrons. The number of hydrogen-bond acceptors (Lipinski definition) is 5. The first kappa shape index (κ1) is 21.6. The monoisotopic (exact) mass is 425 g/mol. The molecule has 0 amide bonds. The van der Waals surface area contributed by atoms with Gasteiger partial charge in [-0.2, -0.15) is 0 Å². The van der Waals surface area contributed by atoms with Crippen molar-refractivity contribution in [1.29, 1.82) is 0 Å². The fourth-order valence-corrected chi connectivity index (χ4v) is 4.61. The van der Waals surface area contributed by atoms with E-state index in [1.807, 2.05) is 13.1 Å². The number of hydrogen-bond donors (Lipinski definition) is 2. The molecule has 2 N–H and O–H groups in total. The lowest BCUT2D eigenvalue weighted by atomic mass is 10.1. The smallest absolute Gasteiger partial charge is 0.191 e. The van der Waals surface area contributed by atoms with Gasteiger partial charge >= 0.3 is 0 Å². The van der Waals surface area contributed by atoms with Crippen LogP contribution in [-0.4, -0.2) is 59.4 Å². The first-order valence-electron chi connectivity index (χ1n) is 11.5. The largest absolute Gasteiger partial charge is 0.497 e. The summed E-state index contributed by atoms with van der Waals surface area (Å²) < 4.78 is 7.73. The van der Waals surface area contributed by atoms with Crippen LogP contribution in [0, 0.1) is 0 Å². The molecule has 1 saturated heterocycles. The van der Waals surface area contributed by atoms with Crippen molar-refractivity contribution in [1.82, 2.24) is 30.3 Å². The van der Waals surface area contributed by atoms with Gasteiger partial charge in [0.05, 0.1) is 19.7 Å². The van der Waals surface area contributed by atoms with Crippen LogP contribution in [0.15, 0.2) is 29.3 Å². The van der Waals surface area contributed by atoms with E-state index in [9.17, 15) is 0 Å². The maximum Gasteiger partial charge on any atom is 0.191 e. The summed E-state index contributed by atoms with van der Waals surface area (Å²) in [6.45, 7) is 4.67. The third-order valence-electron chi connectivity index (χ3n) is 6.35. The summed E-state index contributed by atoms with van der Waals surface area (Å²) in [4.78, 5) is 6.99. The minimum atomic E-state index is 0.278. The third-order valence-corrected chi connectivity index (χ3v) is 6.35. The van der Waals surface area contributed by atoms with Gasteiger partial charge in [-0.1, -0.05) is 18.6 Å². The van der Waals surface area contributed by atoms with Crippen molar-refractivity contribution >= 4 is 5.96 Å². The summed E-state index contributed by atoms with van der Waals surface area (Å²) in [5, 5.41) is 15.8. The van der Waals surface area contributed by atoms with E-state index in [0.29, 0.717) is 6.54 Å². The van der Waals surface area contributed by atoms with Crippen LogP contribution in [0.1, 0.15) is 55.4 Å². The highest BCUT2D eigenvalue weighted by Crippen LogP contribution is 2.27. The van der Waals surface area contributed by atoms with Crippen LogP contribution in [-0.2, 0) is 19.5 Å². The first-order chi connectivity index (χ1) is 15.3. The Balaban J connectivity index is 1.39. The second-order valence-electron chi connectivity index (χ2n) is 8.34. The zero-order chi connectivity index (χ0) is 21.5. The Bertz CT molecular complexity index is 873. The lowest BCUT2D eigenvalue weighted by Gasteiger charge is -2.29. The average molecular weight is 426 g/mol. The van der Waals surface area contributed by atoms with Crippen molar-refractivity contribution in [3.05, 3.63) is 41.5 Å². The highest BCUT2D eigenvalue weighted by atomic mass is 16.5. The number of methoxy groups -OCH3 is 1. The van der Waals surface area contributed by atoms with E-state index in [-0.39, 0.29) is 6.04 Å². The number of nitrogens with zero attached hydrogens (tertiary/aromatic N) is 5. The van der Waals surface area contributed by atoms with Gasteiger partial charge in [0.15, 0.2) is 11.8 Å². The van der Waals surface area contributed by atoms with Gasteiger partial charge in [0.1, 0.15) is 11.6 Å². The van der Waals surface area contributed by atoms with Gasteiger partial charge in [-0.3, -0.25) is 9.89 Å². The summed E-state index contributed by atoms with van der Waals surface area (Å²) in [6.07, 6.45) is 7.20. The predicted octanol–water partition coefficient (Wildman–Crippen LogP) is 2.52. The van der Waals surface area contributed by atoms with Crippen molar-refractivity contribution < 1.29 is 4.74 Å². The zero-order valence-electron chi connectivity index (χ0n) is 18.8. The molecule has 1 atom stereocenters. The predicted molar refractivity (Wildman–Crippen MR) is 122 cm³/mol. The first-order valence-corrected chi connectivity index (χ1v) is 11.5. The second kappa shape index (κ2) is 10.6. The molecule has 2 aliphatic heterocycles. The molecule has 2 aliphatic rings. The Morgan fingerprint density at radius 1 is 1.10 bits per heavy atom. The minimum Gasteiger partial charge on any atom is -0.497 e. The number of aliphatic imine (C=N–C) groups is 1. The fraction of sp³-hybridized carbons (Fsp3) is 0.609. The van der Waals surface area contributed by atoms with Crippen molar-refractivity contribution in [3.8, 4) is 5.75 Å². The lowest BCUT2D eigenvalue weighted by molar-refractivity contribution is 0.245. The van der Waals surface area contributed by atoms with E-state index < -0.39 is 0 Å². The second-order valence-corrected chi connectivity index (χ2v) is 8.34. The normalized spacial score (nSPS) is 18.3. The molecule has 1 aromatic carbocycles. The SMILES string of the molecule is CN=C(NCc1nnc2n1CCCCC2)NCC(c1cccc(OC)c1)N1CCCC1. The molecule has 1 unspecified atom stereocenters. The zero-order valence-corrected chi connectivity index (χ0v) is 18.8. The van der Waals surface area contributed by atoms with Gasteiger partial charge in [0.25, 0.3) is 0 Å². The number of likely N-dealkylation sites (tertiary alicyclic amines) is 1. The van der Waals surface area contributed by atoms with Crippen LogP contribution in [0.4, 0.5) is 0 Å². The highest BCUT2D eigenvalue weighted by molar-refractivity contribution is 5.79. The molecule has 1 fully saturated rings. The molecule has 2 aromatic rings. The number of rotatable bonds is 7. The molecular weight excluding hydrogens is 390 g/mol. The number of fused-ring (bicyclic) bond motifs is 1. The number of nitrogens with one attached hydrogen (secondary N) is 2. The molecule has 0 bridgehead atoms. The number of aryl methyl sites for hydroxylation is 1. The Kier molecular flexibility index (Phi) is 7.40. The van der Waals surface area contributed by atoms with Crippen LogP contribution >= 0.6 is 0 Å². The molecule has 31 heavy (non-hydrogen) atoms. The Morgan fingerprint density at radius 2 is 1.94 bits per heavy atom. The minimum absolute atomic E-state index is 0.278. The fourth-order valence-electron chi connectivity index (χ4n) is 4.61. The molecule has 0 spiro atoms. The van der Waals surface area contributed by atoms with E-state index in [4.69, 9.17) is 4.74 Å². The highest BCUT2D eigenvalue weighted by Gasteiger charge is 2.24. The molecule has 4 rings (SSSR count). The maximum absolute atomic E-state index is 5.46. The van der Waals surface area contributed by atoms with E-state index in [2.05, 4.69) is 53.5 Å².